The number of benzene rings is 1. The quantitative estimate of drug-likeness (QED) is 0.806. The first-order valence-corrected chi connectivity index (χ1v) is 8.92. The van der Waals surface area contributed by atoms with Crippen LogP contribution in [0.4, 0.5) is 4.79 Å². The number of morpholine rings is 1. The summed E-state index contributed by atoms with van der Waals surface area (Å²) in [6, 6.07) is 9.99. The van der Waals surface area contributed by atoms with E-state index in [1.165, 1.54) is 0 Å². The molecule has 0 saturated carbocycles. The van der Waals surface area contributed by atoms with E-state index in [1.54, 1.807) is 0 Å². The van der Waals surface area contributed by atoms with Crippen molar-refractivity contribution < 1.29 is 14.6 Å². The summed E-state index contributed by atoms with van der Waals surface area (Å²) in [5.74, 6) is 0.520. The highest BCUT2D eigenvalue weighted by molar-refractivity contribution is 5.75. The minimum Gasteiger partial charge on any atom is -0.396 e. The summed E-state index contributed by atoms with van der Waals surface area (Å²) in [7, 11) is 0. The Bertz CT molecular complexity index is 493. The SMILES string of the molecule is CC(C)CC1COCCN1C(=O)NC(CCCO)c1ccccc1. The van der Waals surface area contributed by atoms with Gasteiger partial charge in [0.25, 0.3) is 0 Å². The molecule has 5 nitrogen and oxygen atoms in total. The average molecular weight is 334 g/mol. The number of hydrogen-bond donors (Lipinski definition) is 2. The molecule has 1 aliphatic rings. The fourth-order valence-electron chi connectivity index (χ4n) is 3.20. The first-order valence-electron chi connectivity index (χ1n) is 8.92. The van der Waals surface area contributed by atoms with Crippen molar-refractivity contribution in [2.45, 2.75) is 45.2 Å². The van der Waals surface area contributed by atoms with Crippen molar-refractivity contribution in [2.24, 2.45) is 5.92 Å². The molecular formula is C19H30N2O3. The molecule has 1 saturated heterocycles. The molecule has 0 bridgehead atoms. The first kappa shape index (κ1) is 18.7. The van der Waals surface area contributed by atoms with E-state index in [9.17, 15) is 4.79 Å². The Labute approximate surface area is 145 Å². The highest BCUT2D eigenvalue weighted by atomic mass is 16.5. The number of rotatable bonds is 7. The van der Waals surface area contributed by atoms with Crippen molar-refractivity contribution in [3.63, 3.8) is 0 Å². The molecule has 24 heavy (non-hydrogen) atoms. The molecule has 134 valence electrons. The van der Waals surface area contributed by atoms with E-state index in [1.807, 2.05) is 35.2 Å². The molecule has 2 atom stereocenters. The third-order valence-corrected chi connectivity index (χ3v) is 4.38. The van der Waals surface area contributed by atoms with E-state index in [0.29, 0.717) is 32.1 Å². The highest BCUT2D eigenvalue weighted by Gasteiger charge is 2.29. The average Bonchev–Trinajstić information content (AvgIpc) is 2.59. The van der Waals surface area contributed by atoms with Crippen LogP contribution >= 0.6 is 0 Å². The number of nitrogens with zero attached hydrogens (tertiary/aromatic N) is 1. The number of aliphatic hydroxyl groups excluding tert-OH is 1. The maximum atomic E-state index is 12.8. The van der Waals surface area contributed by atoms with E-state index >= 15 is 0 Å². The van der Waals surface area contributed by atoms with Crippen LogP contribution in [0.5, 0.6) is 0 Å². The summed E-state index contributed by atoms with van der Waals surface area (Å²) in [5.41, 5.74) is 1.08. The molecule has 0 aliphatic carbocycles. The molecular weight excluding hydrogens is 304 g/mol. The lowest BCUT2D eigenvalue weighted by molar-refractivity contribution is 0.00489. The standard InChI is InChI=1S/C19H30N2O3/c1-15(2)13-17-14-24-12-10-21(17)19(23)20-18(9-6-11-22)16-7-4-3-5-8-16/h3-5,7-8,15,17-18,22H,6,9-14H2,1-2H3,(H,20,23). The Morgan fingerprint density at radius 3 is 2.79 bits per heavy atom. The number of carbonyl (C=O) groups excluding carboxylic acids is 1. The molecule has 0 radical (unpaired) electrons. The summed E-state index contributed by atoms with van der Waals surface area (Å²) in [6.45, 7) is 6.29. The predicted octanol–water partition coefficient (Wildman–Crippen LogP) is 2.96. The molecule has 1 aromatic rings. The van der Waals surface area contributed by atoms with Crippen LogP contribution in [0.3, 0.4) is 0 Å². The number of urea groups is 1. The normalized spacial score (nSPS) is 19.3. The second kappa shape index (κ2) is 9.64. The Kier molecular flexibility index (Phi) is 7.53. The number of amides is 2. The number of nitrogens with one attached hydrogen (secondary N) is 1. The number of carbonyl (C=O) groups is 1. The second-order valence-corrected chi connectivity index (χ2v) is 6.83. The molecule has 5 heteroatoms. The molecule has 1 aromatic carbocycles. The maximum absolute atomic E-state index is 12.8. The molecule has 1 aliphatic heterocycles. The van der Waals surface area contributed by atoms with E-state index in [4.69, 9.17) is 9.84 Å². The van der Waals surface area contributed by atoms with Gasteiger partial charge in [0, 0.05) is 13.2 Å². The van der Waals surface area contributed by atoms with Gasteiger partial charge in [0.2, 0.25) is 0 Å². The van der Waals surface area contributed by atoms with Gasteiger partial charge in [0.05, 0.1) is 25.3 Å². The minimum absolute atomic E-state index is 0.0317. The van der Waals surface area contributed by atoms with Crippen LogP contribution in [0.25, 0.3) is 0 Å². The smallest absolute Gasteiger partial charge is 0.318 e. The van der Waals surface area contributed by atoms with Crippen LogP contribution in [0, 0.1) is 5.92 Å². The molecule has 2 unspecified atom stereocenters. The Morgan fingerprint density at radius 1 is 1.38 bits per heavy atom. The lowest BCUT2D eigenvalue weighted by Gasteiger charge is -2.37. The van der Waals surface area contributed by atoms with Gasteiger partial charge in [-0.1, -0.05) is 44.2 Å². The third-order valence-electron chi connectivity index (χ3n) is 4.38. The summed E-state index contributed by atoms with van der Waals surface area (Å²) >= 11 is 0. The zero-order valence-corrected chi connectivity index (χ0v) is 14.8. The number of ether oxygens (including phenoxy) is 1. The zero-order chi connectivity index (χ0) is 17.4. The topological polar surface area (TPSA) is 61.8 Å². The van der Waals surface area contributed by atoms with E-state index in [2.05, 4.69) is 19.2 Å². The van der Waals surface area contributed by atoms with Gasteiger partial charge in [-0.05, 0) is 30.7 Å². The van der Waals surface area contributed by atoms with Gasteiger partial charge in [-0.25, -0.2) is 4.79 Å². The number of hydrogen-bond acceptors (Lipinski definition) is 3. The highest BCUT2D eigenvalue weighted by Crippen LogP contribution is 2.21. The number of aliphatic hydroxyl groups is 1. The van der Waals surface area contributed by atoms with Gasteiger partial charge in [0.1, 0.15) is 0 Å². The van der Waals surface area contributed by atoms with Crippen molar-refractivity contribution in [3.05, 3.63) is 35.9 Å². The first-order chi connectivity index (χ1) is 11.6. The summed E-state index contributed by atoms with van der Waals surface area (Å²) in [5, 5.41) is 12.3. The van der Waals surface area contributed by atoms with E-state index in [0.717, 1.165) is 18.4 Å². The summed E-state index contributed by atoms with van der Waals surface area (Å²) in [6.07, 6.45) is 2.34. The Balaban J connectivity index is 2.05. The van der Waals surface area contributed by atoms with Gasteiger partial charge in [-0.2, -0.15) is 0 Å². The molecule has 2 N–H and O–H groups in total. The Hall–Kier alpha value is -1.59. The molecule has 0 spiro atoms. The molecule has 2 amide bonds. The largest absolute Gasteiger partial charge is 0.396 e. The molecule has 1 heterocycles. The van der Waals surface area contributed by atoms with Gasteiger partial charge in [-0.15, -0.1) is 0 Å². The monoisotopic (exact) mass is 334 g/mol. The fourth-order valence-corrected chi connectivity index (χ4v) is 3.20. The lowest BCUT2D eigenvalue weighted by atomic mass is 10.0. The molecule has 2 rings (SSSR count). The van der Waals surface area contributed by atoms with Crippen LogP contribution in [0.15, 0.2) is 30.3 Å². The van der Waals surface area contributed by atoms with Gasteiger partial charge in [0.15, 0.2) is 0 Å². The lowest BCUT2D eigenvalue weighted by Crippen LogP contribution is -2.53. The fraction of sp³-hybridized carbons (Fsp3) is 0.632. The van der Waals surface area contributed by atoms with Crippen LogP contribution < -0.4 is 5.32 Å². The van der Waals surface area contributed by atoms with Crippen LogP contribution in [0.1, 0.15) is 44.7 Å². The maximum Gasteiger partial charge on any atom is 0.318 e. The summed E-state index contributed by atoms with van der Waals surface area (Å²) < 4.78 is 5.56. The van der Waals surface area contributed by atoms with E-state index < -0.39 is 0 Å². The minimum atomic E-state index is -0.0756. The van der Waals surface area contributed by atoms with Crippen molar-refractivity contribution >= 4 is 6.03 Å². The van der Waals surface area contributed by atoms with E-state index in [-0.39, 0.29) is 24.7 Å². The van der Waals surface area contributed by atoms with Crippen molar-refractivity contribution in [1.29, 1.82) is 0 Å². The Morgan fingerprint density at radius 2 is 2.12 bits per heavy atom. The van der Waals surface area contributed by atoms with Crippen LogP contribution in [-0.2, 0) is 4.74 Å². The van der Waals surface area contributed by atoms with Crippen LogP contribution in [0.2, 0.25) is 0 Å². The van der Waals surface area contributed by atoms with Gasteiger partial charge >= 0.3 is 6.03 Å². The van der Waals surface area contributed by atoms with Crippen molar-refractivity contribution in [2.75, 3.05) is 26.4 Å². The van der Waals surface area contributed by atoms with Crippen molar-refractivity contribution in [3.8, 4) is 0 Å². The summed E-state index contributed by atoms with van der Waals surface area (Å²) in [4.78, 5) is 14.7. The second-order valence-electron chi connectivity index (χ2n) is 6.83. The van der Waals surface area contributed by atoms with Gasteiger partial charge < -0.3 is 20.1 Å². The van der Waals surface area contributed by atoms with Crippen LogP contribution in [-0.4, -0.2) is 48.4 Å². The third kappa shape index (κ3) is 5.49. The molecule has 0 aromatic heterocycles. The molecule has 1 fully saturated rings. The zero-order valence-electron chi connectivity index (χ0n) is 14.8. The van der Waals surface area contributed by atoms with Gasteiger partial charge in [-0.3, -0.25) is 0 Å². The predicted molar refractivity (Wildman–Crippen MR) is 94.8 cm³/mol. The van der Waals surface area contributed by atoms with Crippen molar-refractivity contribution in [1.82, 2.24) is 10.2 Å².